The molecule has 0 spiro atoms. The molecule has 4 heteroatoms. The third-order valence-electron chi connectivity index (χ3n) is 10.9. The van der Waals surface area contributed by atoms with Gasteiger partial charge >= 0.3 is 0 Å². The molecule has 0 bridgehead atoms. The number of allylic oxidation sites excluding steroid dienone is 1. The van der Waals surface area contributed by atoms with Crippen molar-refractivity contribution in [1.29, 1.82) is 0 Å². The zero-order valence-electron chi connectivity index (χ0n) is 20.6. The number of Topliss-reactive ketones (excluding diaryl/α,β-unsaturated/α-hetero) is 1. The number of hydrogen-bond donors (Lipinski definition) is 1. The minimum Gasteiger partial charge on any atom is -0.365 e. The first-order chi connectivity index (χ1) is 15.5. The Morgan fingerprint density at radius 3 is 2.45 bits per heavy atom. The van der Waals surface area contributed by atoms with Gasteiger partial charge < -0.3 is 9.84 Å². The highest BCUT2D eigenvalue weighted by Gasteiger charge is 2.64. The number of carbonyl (C=O) groups is 1. The van der Waals surface area contributed by atoms with Crippen molar-refractivity contribution in [3.63, 3.8) is 0 Å². The number of benzene rings is 1. The molecule has 4 aliphatic rings. The Hall–Kier alpha value is -1.52. The molecule has 33 heavy (non-hydrogen) atoms. The lowest BCUT2D eigenvalue weighted by Crippen LogP contribution is -2.54. The smallest absolute Gasteiger partial charge is 0.169 e. The van der Waals surface area contributed by atoms with Gasteiger partial charge in [-0.25, -0.2) is 4.39 Å². The molecule has 0 heterocycles. The van der Waals surface area contributed by atoms with Crippen molar-refractivity contribution < 1.29 is 19.0 Å². The Balaban J connectivity index is 1.34. The van der Waals surface area contributed by atoms with Crippen LogP contribution in [0.1, 0.15) is 84.6 Å². The van der Waals surface area contributed by atoms with Crippen molar-refractivity contribution in [3.8, 4) is 0 Å². The van der Waals surface area contributed by atoms with Crippen LogP contribution in [0.15, 0.2) is 35.9 Å². The van der Waals surface area contributed by atoms with Crippen molar-refractivity contribution in [2.75, 3.05) is 0 Å². The first-order valence-electron chi connectivity index (χ1n) is 12.8. The third-order valence-corrected chi connectivity index (χ3v) is 10.9. The van der Waals surface area contributed by atoms with Gasteiger partial charge in [0.2, 0.25) is 0 Å². The Morgan fingerprint density at radius 1 is 1.06 bits per heavy atom. The number of halogens is 1. The molecule has 1 aromatic carbocycles. The van der Waals surface area contributed by atoms with Gasteiger partial charge in [-0.1, -0.05) is 44.6 Å². The summed E-state index contributed by atoms with van der Waals surface area (Å²) >= 11 is 0. The minimum atomic E-state index is -1.16. The largest absolute Gasteiger partial charge is 0.365 e. The molecule has 1 aromatic rings. The van der Waals surface area contributed by atoms with Gasteiger partial charge in [0.05, 0.1) is 6.61 Å². The highest BCUT2D eigenvalue weighted by Crippen LogP contribution is 2.70. The van der Waals surface area contributed by atoms with Crippen LogP contribution < -0.4 is 0 Å². The summed E-state index contributed by atoms with van der Waals surface area (Å²) in [6.07, 6.45) is 10.0. The van der Waals surface area contributed by atoms with Gasteiger partial charge in [0.25, 0.3) is 0 Å². The van der Waals surface area contributed by atoms with Crippen molar-refractivity contribution >= 4 is 5.78 Å². The number of hydrogen-bond acceptors (Lipinski definition) is 3. The SMILES string of the molecule is CC(=O)[C@@]1(C)CC[C@H]2[C@@H]3CC=C4C[C@](O)(OCc5ccc(F)cc5)CC[C@]4(C)[C@H]3CC[C@@]21C. The van der Waals surface area contributed by atoms with E-state index in [-0.39, 0.29) is 28.7 Å². The molecule has 4 aliphatic carbocycles. The maximum absolute atomic E-state index is 13.2. The van der Waals surface area contributed by atoms with Crippen LogP contribution in [0.3, 0.4) is 0 Å². The summed E-state index contributed by atoms with van der Waals surface area (Å²) in [5.74, 6) is 0.801. The molecular weight excluding hydrogens is 415 g/mol. The standard InChI is InChI=1S/C29H39FO3/c1-19(31)27(3)13-12-25-23-10-7-21-17-29(32,33-18-20-5-8-22(30)9-6-20)16-15-26(21,2)24(23)11-14-28(25,27)4/h5-9,23-25,32H,10-18H2,1-4H3/t23-,24+,25+,26+,27-,28+,29-/m1/s1. The predicted octanol–water partition coefficient (Wildman–Crippen LogP) is 6.59. The van der Waals surface area contributed by atoms with Crippen LogP contribution in [0.5, 0.6) is 0 Å². The van der Waals surface area contributed by atoms with Gasteiger partial charge in [-0.15, -0.1) is 0 Å². The quantitative estimate of drug-likeness (QED) is 0.412. The normalized spacial score (nSPS) is 44.4. The predicted molar refractivity (Wildman–Crippen MR) is 127 cm³/mol. The summed E-state index contributed by atoms with van der Waals surface area (Å²) in [5.41, 5.74) is 2.25. The molecule has 3 fully saturated rings. The molecule has 0 aliphatic heterocycles. The average molecular weight is 455 g/mol. The van der Waals surface area contributed by atoms with Crippen molar-refractivity contribution in [2.24, 2.45) is 34.0 Å². The number of rotatable bonds is 4. The summed E-state index contributed by atoms with van der Waals surface area (Å²) in [6.45, 7) is 9.12. The molecule has 5 rings (SSSR count). The molecule has 0 saturated heterocycles. The highest BCUT2D eigenvalue weighted by molar-refractivity contribution is 5.83. The summed E-state index contributed by atoms with van der Waals surface area (Å²) in [7, 11) is 0. The van der Waals surface area contributed by atoms with Crippen molar-refractivity contribution in [2.45, 2.75) is 91.5 Å². The van der Waals surface area contributed by atoms with Crippen molar-refractivity contribution in [1.82, 2.24) is 0 Å². The second-order valence-electron chi connectivity index (χ2n) is 12.2. The fourth-order valence-corrected chi connectivity index (χ4v) is 8.39. The second-order valence-corrected chi connectivity index (χ2v) is 12.2. The molecule has 0 radical (unpaired) electrons. The van der Waals surface area contributed by atoms with E-state index in [9.17, 15) is 14.3 Å². The molecule has 0 unspecified atom stereocenters. The lowest BCUT2D eigenvalue weighted by atomic mass is 9.45. The lowest BCUT2D eigenvalue weighted by molar-refractivity contribution is -0.231. The van der Waals surface area contributed by atoms with Crippen LogP contribution in [-0.2, 0) is 16.1 Å². The van der Waals surface area contributed by atoms with Gasteiger partial charge in [-0.2, -0.15) is 0 Å². The van der Waals surface area contributed by atoms with Crippen LogP contribution in [0.25, 0.3) is 0 Å². The number of ether oxygens (including phenoxy) is 1. The van der Waals surface area contributed by atoms with Crippen LogP contribution >= 0.6 is 0 Å². The van der Waals surface area contributed by atoms with Gasteiger partial charge in [0.1, 0.15) is 11.6 Å². The van der Waals surface area contributed by atoms with Crippen LogP contribution in [0, 0.1) is 39.8 Å². The molecular formula is C29H39FO3. The number of fused-ring (bicyclic) bond motifs is 5. The Morgan fingerprint density at radius 2 is 1.76 bits per heavy atom. The van der Waals surface area contributed by atoms with E-state index in [1.54, 1.807) is 19.1 Å². The van der Waals surface area contributed by atoms with E-state index >= 15 is 0 Å². The first kappa shape index (κ1) is 23.2. The van der Waals surface area contributed by atoms with E-state index in [4.69, 9.17) is 4.74 Å². The second kappa shape index (κ2) is 7.75. The third kappa shape index (κ3) is 3.46. The Kier molecular flexibility index (Phi) is 5.45. The molecule has 7 atom stereocenters. The van der Waals surface area contributed by atoms with Gasteiger partial charge in [-0.3, -0.25) is 4.79 Å². The molecule has 0 amide bonds. The molecule has 1 N–H and O–H groups in total. The van der Waals surface area contributed by atoms with Crippen LogP contribution in [0.4, 0.5) is 4.39 Å². The fraction of sp³-hybridized carbons (Fsp3) is 0.690. The van der Waals surface area contributed by atoms with E-state index < -0.39 is 5.79 Å². The zero-order chi connectivity index (χ0) is 23.6. The highest BCUT2D eigenvalue weighted by atomic mass is 19.1. The molecule has 0 aromatic heterocycles. The van der Waals surface area contributed by atoms with Crippen molar-refractivity contribution in [3.05, 3.63) is 47.3 Å². The van der Waals surface area contributed by atoms with E-state index in [0.29, 0.717) is 36.4 Å². The molecule has 3 nitrogen and oxygen atoms in total. The summed E-state index contributed by atoms with van der Waals surface area (Å²) in [4.78, 5) is 12.7. The minimum absolute atomic E-state index is 0.102. The summed E-state index contributed by atoms with van der Waals surface area (Å²) in [6, 6.07) is 6.29. The lowest BCUT2D eigenvalue weighted by Gasteiger charge is -2.60. The fourth-order valence-electron chi connectivity index (χ4n) is 8.39. The van der Waals surface area contributed by atoms with Gasteiger partial charge in [0.15, 0.2) is 5.79 Å². The maximum Gasteiger partial charge on any atom is 0.169 e. The maximum atomic E-state index is 13.2. The molecule has 180 valence electrons. The Labute approximate surface area is 197 Å². The number of aliphatic hydroxyl groups is 1. The van der Waals surface area contributed by atoms with E-state index in [1.807, 2.05) is 0 Å². The number of carbonyl (C=O) groups excluding carboxylic acids is 1. The van der Waals surface area contributed by atoms with Gasteiger partial charge in [-0.05, 0) is 91.7 Å². The van der Waals surface area contributed by atoms with Crippen LogP contribution in [-0.4, -0.2) is 16.7 Å². The van der Waals surface area contributed by atoms with Crippen LogP contribution in [0.2, 0.25) is 0 Å². The Bertz CT molecular complexity index is 970. The van der Waals surface area contributed by atoms with Gasteiger partial charge in [0, 0.05) is 18.3 Å². The monoisotopic (exact) mass is 454 g/mol. The average Bonchev–Trinajstić information content (AvgIpc) is 3.06. The molecule has 3 saturated carbocycles. The number of ketones is 1. The van der Waals surface area contributed by atoms with E-state index in [2.05, 4.69) is 26.8 Å². The topological polar surface area (TPSA) is 46.5 Å². The van der Waals surface area contributed by atoms with E-state index in [1.165, 1.54) is 24.1 Å². The zero-order valence-corrected chi connectivity index (χ0v) is 20.6. The van der Waals surface area contributed by atoms with E-state index in [0.717, 1.165) is 37.7 Å². The first-order valence-corrected chi connectivity index (χ1v) is 12.8. The summed E-state index contributed by atoms with van der Waals surface area (Å²) in [5, 5.41) is 11.3. The summed E-state index contributed by atoms with van der Waals surface area (Å²) < 4.78 is 19.2.